The molecule has 0 bridgehead atoms. The number of hydrogen-bond donors (Lipinski definition) is 2. The van der Waals surface area contributed by atoms with Gasteiger partial charge in [-0.15, -0.1) is 0 Å². The van der Waals surface area contributed by atoms with Crippen LogP contribution in [0.1, 0.15) is 20.3 Å². The monoisotopic (exact) mass is 239 g/mol. The van der Waals surface area contributed by atoms with Crippen LogP contribution in [0.15, 0.2) is 0 Å². The molecule has 0 aliphatic heterocycles. The van der Waals surface area contributed by atoms with Crippen molar-refractivity contribution in [1.82, 2.24) is 5.32 Å². The zero-order valence-corrected chi connectivity index (χ0v) is 10.3. The molecule has 0 saturated heterocycles. The molecule has 90 valence electrons. The number of aliphatic hydroxyl groups is 1. The van der Waals surface area contributed by atoms with Crippen LogP contribution in [0, 0.1) is 0 Å². The fourth-order valence-corrected chi connectivity index (χ4v) is 2.69. The molecule has 6 nitrogen and oxygen atoms in total. The number of aliphatic hydroxyl groups excluding tert-OH is 1. The van der Waals surface area contributed by atoms with E-state index in [1.807, 2.05) is 0 Å². The SMILES string of the molecule is CC[C@H](O)[C@@H](NC(C)=O)P(=O)(OC)OC. The molecule has 0 unspecified atom stereocenters. The third-order valence-electron chi connectivity index (χ3n) is 1.98. The third kappa shape index (κ3) is 3.91. The average Bonchev–Trinajstić information content (AvgIpc) is 2.23. The van der Waals surface area contributed by atoms with Crippen molar-refractivity contribution in [2.24, 2.45) is 0 Å². The minimum Gasteiger partial charge on any atom is -0.390 e. The first-order valence-electron chi connectivity index (χ1n) is 4.57. The standard InChI is InChI=1S/C8H18NO5P/c1-5-7(11)8(9-6(2)10)15(12,13-3)14-4/h7-8,11H,5H2,1-4H3,(H,9,10)/t7-,8-/m0/s1. The van der Waals surface area contributed by atoms with Gasteiger partial charge in [-0.3, -0.25) is 9.36 Å². The first kappa shape index (κ1) is 14.6. The zero-order chi connectivity index (χ0) is 12.1. The summed E-state index contributed by atoms with van der Waals surface area (Å²) < 4.78 is 21.4. The molecule has 0 spiro atoms. The second-order valence-electron chi connectivity index (χ2n) is 3.03. The quantitative estimate of drug-likeness (QED) is 0.666. The van der Waals surface area contributed by atoms with Gasteiger partial charge in [0.15, 0.2) is 5.78 Å². The van der Waals surface area contributed by atoms with E-state index in [4.69, 9.17) is 9.05 Å². The lowest BCUT2D eigenvalue weighted by Crippen LogP contribution is -2.42. The van der Waals surface area contributed by atoms with Gasteiger partial charge in [0.2, 0.25) is 5.91 Å². The van der Waals surface area contributed by atoms with Crippen LogP contribution in [0.4, 0.5) is 0 Å². The molecule has 0 fully saturated rings. The lowest BCUT2D eigenvalue weighted by molar-refractivity contribution is -0.120. The Balaban J connectivity index is 4.90. The summed E-state index contributed by atoms with van der Waals surface area (Å²) in [6, 6.07) is 0. The third-order valence-corrected chi connectivity index (χ3v) is 4.16. The van der Waals surface area contributed by atoms with Gasteiger partial charge in [0, 0.05) is 21.1 Å². The maximum atomic E-state index is 12.0. The van der Waals surface area contributed by atoms with E-state index in [0.717, 1.165) is 0 Å². The predicted octanol–water partition coefficient (Wildman–Crippen LogP) is 0.705. The van der Waals surface area contributed by atoms with Gasteiger partial charge >= 0.3 is 7.60 Å². The lowest BCUT2D eigenvalue weighted by atomic mass is 10.3. The van der Waals surface area contributed by atoms with Gasteiger partial charge in [-0.1, -0.05) is 6.92 Å². The van der Waals surface area contributed by atoms with Crippen LogP contribution in [-0.4, -0.2) is 37.1 Å². The van der Waals surface area contributed by atoms with Gasteiger partial charge in [-0.25, -0.2) is 0 Å². The summed E-state index contributed by atoms with van der Waals surface area (Å²) in [5, 5.41) is 12.0. The average molecular weight is 239 g/mol. The van der Waals surface area contributed by atoms with Gasteiger partial charge in [0.25, 0.3) is 0 Å². The highest BCUT2D eigenvalue weighted by Crippen LogP contribution is 2.51. The minimum absolute atomic E-state index is 0.335. The van der Waals surface area contributed by atoms with Gasteiger partial charge in [-0.2, -0.15) is 0 Å². The minimum atomic E-state index is -3.50. The van der Waals surface area contributed by atoms with Crippen LogP contribution in [0.25, 0.3) is 0 Å². The molecule has 0 radical (unpaired) electrons. The van der Waals surface area contributed by atoms with Crippen molar-refractivity contribution in [3.8, 4) is 0 Å². The van der Waals surface area contributed by atoms with Gasteiger partial charge in [0.1, 0.15) is 0 Å². The van der Waals surface area contributed by atoms with Crippen molar-refractivity contribution in [3.05, 3.63) is 0 Å². The van der Waals surface area contributed by atoms with E-state index in [2.05, 4.69) is 5.32 Å². The van der Waals surface area contributed by atoms with Crippen LogP contribution < -0.4 is 5.32 Å². The maximum Gasteiger partial charge on any atom is 0.354 e. The number of carbonyl (C=O) groups excluding carboxylic acids is 1. The van der Waals surface area contributed by atoms with Crippen molar-refractivity contribution in [3.63, 3.8) is 0 Å². The Morgan fingerprint density at radius 2 is 1.93 bits per heavy atom. The van der Waals surface area contributed by atoms with E-state index < -0.39 is 25.4 Å². The lowest BCUT2D eigenvalue weighted by Gasteiger charge is -2.27. The smallest absolute Gasteiger partial charge is 0.354 e. The normalized spacial score (nSPS) is 15.8. The second-order valence-corrected chi connectivity index (χ2v) is 5.39. The zero-order valence-electron chi connectivity index (χ0n) is 9.39. The van der Waals surface area contributed by atoms with Crippen LogP contribution in [0.5, 0.6) is 0 Å². The molecule has 0 aliphatic carbocycles. The van der Waals surface area contributed by atoms with Crippen LogP contribution in [-0.2, 0) is 18.4 Å². The molecule has 0 heterocycles. The molecular formula is C8H18NO5P. The van der Waals surface area contributed by atoms with E-state index in [1.54, 1.807) is 6.92 Å². The molecule has 7 heteroatoms. The molecule has 0 aliphatic rings. The summed E-state index contributed by atoms with van der Waals surface area (Å²) in [7, 11) is -1.08. The number of nitrogens with one attached hydrogen (secondary N) is 1. The first-order chi connectivity index (χ1) is 6.91. The summed E-state index contributed by atoms with van der Waals surface area (Å²) in [6.45, 7) is 2.97. The summed E-state index contributed by atoms with van der Waals surface area (Å²) >= 11 is 0. The van der Waals surface area contributed by atoms with E-state index in [-0.39, 0.29) is 0 Å². The summed E-state index contributed by atoms with van der Waals surface area (Å²) in [5.74, 6) is -1.43. The molecular weight excluding hydrogens is 221 g/mol. The Labute approximate surface area is 89.5 Å². The van der Waals surface area contributed by atoms with Crippen LogP contribution >= 0.6 is 7.60 Å². The highest BCUT2D eigenvalue weighted by molar-refractivity contribution is 7.54. The molecule has 0 saturated carbocycles. The fraction of sp³-hybridized carbons (Fsp3) is 0.875. The molecule has 2 atom stereocenters. The van der Waals surface area contributed by atoms with Gasteiger partial charge in [-0.05, 0) is 6.42 Å². The number of carbonyl (C=O) groups is 1. The molecule has 2 N–H and O–H groups in total. The number of hydrogen-bond acceptors (Lipinski definition) is 5. The first-order valence-corrected chi connectivity index (χ1v) is 6.18. The summed E-state index contributed by atoms with van der Waals surface area (Å²) in [4.78, 5) is 10.9. The number of rotatable bonds is 6. The molecule has 1 amide bonds. The Bertz CT molecular complexity index is 249. The van der Waals surface area contributed by atoms with Crippen LogP contribution in [0.3, 0.4) is 0 Å². The molecule has 0 aromatic heterocycles. The largest absolute Gasteiger partial charge is 0.390 e. The Morgan fingerprint density at radius 3 is 2.20 bits per heavy atom. The highest BCUT2D eigenvalue weighted by Gasteiger charge is 2.39. The Kier molecular flexibility index (Phi) is 6.05. The highest BCUT2D eigenvalue weighted by atomic mass is 31.2. The van der Waals surface area contributed by atoms with Crippen molar-refractivity contribution in [2.75, 3.05) is 14.2 Å². The van der Waals surface area contributed by atoms with E-state index in [1.165, 1.54) is 21.1 Å². The van der Waals surface area contributed by atoms with E-state index >= 15 is 0 Å². The maximum absolute atomic E-state index is 12.0. The van der Waals surface area contributed by atoms with Crippen molar-refractivity contribution >= 4 is 13.5 Å². The second kappa shape index (κ2) is 6.23. The predicted molar refractivity (Wildman–Crippen MR) is 55.5 cm³/mol. The molecule has 15 heavy (non-hydrogen) atoms. The van der Waals surface area contributed by atoms with Gasteiger partial charge in [0.05, 0.1) is 6.10 Å². The van der Waals surface area contributed by atoms with Gasteiger partial charge < -0.3 is 19.5 Å². The topological polar surface area (TPSA) is 84.9 Å². The van der Waals surface area contributed by atoms with Crippen molar-refractivity contribution < 1.29 is 23.5 Å². The van der Waals surface area contributed by atoms with Crippen molar-refractivity contribution in [1.29, 1.82) is 0 Å². The van der Waals surface area contributed by atoms with Crippen LogP contribution in [0.2, 0.25) is 0 Å². The summed E-state index contributed by atoms with van der Waals surface area (Å²) in [6.07, 6.45) is -0.638. The Morgan fingerprint density at radius 1 is 1.47 bits per heavy atom. The Hall–Kier alpha value is -0.420. The molecule has 0 rings (SSSR count). The molecule has 0 aromatic rings. The van der Waals surface area contributed by atoms with E-state index in [9.17, 15) is 14.5 Å². The fourth-order valence-electron chi connectivity index (χ4n) is 1.12. The number of amides is 1. The summed E-state index contributed by atoms with van der Waals surface area (Å²) in [5.41, 5.74) is 0. The van der Waals surface area contributed by atoms with Crippen molar-refractivity contribution in [2.45, 2.75) is 32.2 Å². The van der Waals surface area contributed by atoms with E-state index in [0.29, 0.717) is 6.42 Å². The molecule has 0 aromatic carbocycles.